The first-order valence-electron chi connectivity index (χ1n) is 11.0. The molecule has 0 aliphatic rings. The van der Waals surface area contributed by atoms with Gasteiger partial charge < -0.3 is 9.40 Å². The van der Waals surface area contributed by atoms with Gasteiger partial charge in [-0.15, -0.1) is 0 Å². The topological polar surface area (TPSA) is 63.1 Å². The second kappa shape index (κ2) is 6.72. The Bertz CT molecular complexity index is 2320. The van der Waals surface area contributed by atoms with Gasteiger partial charge in [-0.2, -0.15) is 0 Å². The standard InChI is InChI=1S/C28H9Cl4NO3/c29-13-5-10-9-3-1-2-4-17(9)33-18-8-16(32)24-22-15(31)7-12-19-11(27(34)36-28(12)35)6-14(30)21(25(19)22)23(13)26(24)20(10)18/h1-8,33H. The molecular formula is C28H9Cl4NO3. The Kier molecular flexibility index (Phi) is 3.90. The van der Waals surface area contributed by atoms with Crippen molar-refractivity contribution >= 4 is 122 Å². The summed E-state index contributed by atoms with van der Waals surface area (Å²) in [5.74, 6) is 0. The van der Waals surface area contributed by atoms with Crippen LogP contribution in [0.2, 0.25) is 20.1 Å². The van der Waals surface area contributed by atoms with Crippen LogP contribution in [0.15, 0.2) is 62.5 Å². The van der Waals surface area contributed by atoms with Gasteiger partial charge in [0.1, 0.15) is 0 Å². The van der Waals surface area contributed by atoms with Gasteiger partial charge in [-0.3, -0.25) is 0 Å². The molecule has 0 saturated heterocycles. The van der Waals surface area contributed by atoms with Gasteiger partial charge in [-0.25, -0.2) is 9.59 Å². The maximum absolute atomic E-state index is 12.7. The lowest BCUT2D eigenvalue weighted by molar-refractivity contribution is 0.489. The number of para-hydroxylation sites is 1. The number of halogens is 4. The first kappa shape index (κ1) is 20.9. The van der Waals surface area contributed by atoms with Crippen molar-refractivity contribution in [3.63, 3.8) is 0 Å². The Morgan fingerprint density at radius 3 is 1.61 bits per heavy atom. The molecule has 0 bridgehead atoms. The van der Waals surface area contributed by atoms with Gasteiger partial charge in [0.15, 0.2) is 0 Å². The molecule has 0 spiro atoms. The zero-order chi connectivity index (χ0) is 24.6. The number of fused-ring (bicyclic) bond motifs is 4. The average molecular weight is 549 g/mol. The summed E-state index contributed by atoms with van der Waals surface area (Å²) >= 11 is 27.7. The number of H-pyrrole nitrogens is 1. The fourth-order valence-electron chi connectivity index (χ4n) is 5.92. The van der Waals surface area contributed by atoms with E-state index in [0.29, 0.717) is 52.4 Å². The molecule has 8 rings (SSSR count). The largest absolute Gasteiger partial charge is 0.386 e. The van der Waals surface area contributed by atoms with Gasteiger partial charge in [0, 0.05) is 74.6 Å². The number of benzene rings is 6. The number of rotatable bonds is 0. The molecule has 8 heteroatoms. The smallest absolute Gasteiger partial charge is 0.346 e. The Balaban J connectivity index is 1.85. The zero-order valence-electron chi connectivity index (χ0n) is 17.9. The highest BCUT2D eigenvalue weighted by Gasteiger charge is 2.27. The molecule has 2 aromatic heterocycles. The molecule has 4 nitrogen and oxygen atoms in total. The lowest BCUT2D eigenvalue weighted by Gasteiger charge is -2.21. The van der Waals surface area contributed by atoms with Crippen LogP contribution in [0.3, 0.4) is 0 Å². The maximum atomic E-state index is 12.7. The number of aromatic amines is 1. The average Bonchev–Trinajstić information content (AvgIpc) is 2.84. The van der Waals surface area contributed by atoms with Gasteiger partial charge >= 0.3 is 11.3 Å². The highest BCUT2D eigenvalue weighted by atomic mass is 35.5. The second-order valence-electron chi connectivity index (χ2n) is 8.97. The van der Waals surface area contributed by atoms with Gasteiger partial charge in [-0.05, 0) is 35.7 Å². The number of aromatic nitrogens is 1. The quantitative estimate of drug-likeness (QED) is 0.152. The monoisotopic (exact) mass is 547 g/mol. The van der Waals surface area contributed by atoms with Gasteiger partial charge in [0.2, 0.25) is 0 Å². The molecule has 0 radical (unpaired) electrons. The van der Waals surface area contributed by atoms with E-state index in [0.717, 1.165) is 32.6 Å². The van der Waals surface area contributed by atoms with E-state index in [1.807, 2.05) is 36.4 Å². The van der Waals surface area contributed by atoms with Gasteiger partial charge in [0.05, 0.1) is 15.8 Å². The van der Waals surface area contributed by atoms with Crippen molar-refractivity contribution in [2.24, 2.45) is 0 Å². The van der Waals surface area contributed by atoms with Crippen LogP contribution in [0.5, 0.6) is 0 Å². The van der Waals surface area contributed by atoms with E-state index in [-0.39, 0.29) is 10.8 Å². The Hall–Kier alpha value is -3.28. The highest BCUT2D eigenvalue weighted by Crippen LogP contribution is 2.52. The molecule has 0 unspecified atom stereocenters. The van der Waals surface area contributed by atoms with Crippen LogP contribution in [0.4, 0.5) is 0 Å². The first-order valence-corrected chi connectivity index (χ1v) is 12.5. The van der Waals surface area contributed by atoms with Crippen LogP contribution in [0.25, 0.3) is 75.7 Å². The minimum atomic E-state index is -0.761. The third-order valence-electron chi connectivity index (χ3n) is 7.23. The lowest BCUT2D eigenvalue weighted by atomic mass is 9.86. The summed E-state index contributed by atoms with van der Waals surface area (Å²) < 4.78 is 4.95. The van der Waals surface area contributed by atoms with Crippen molar-refractivity contribution in [2.45, 2.75) is 0 Å². The summed E-state index contributed by atoms with van der Waals surface area (Å²) in [5.41, 5.74) is 0.264. The number of hydrogen-bond acceptors (Lipinski definition) is 3. The number of hydrogen-bond donors (Lipinski definition) is 1. The van der Waals surface area contributed by atoms with E-state index in [1.54, 1.807) is 0 Å². The molecule has 0 amide bonds. The minimum Gasteiger partial charge on any atom is -0.386 e. The van der Waals surface area contributed by atoms with Crippen molar-refractivity contribution < 1.29 is 4.42 Å². The van der Waals surface area contributed by atoms with Crippen LogP contribution < -0.4 is 11.3 Å². The molecule has 0 atom stereocenters. The molecule has 2 heterocycles. The fourth-order valence-corrected chi connectivity index (χ4v) is 7.11. The lowest BCUT2D eigenvalue weighted by Crippen LogP contribution is -2.12. The molecule has 0 aliphatic carbocycles. The summed E-state index contributed by atoms with van der Waals surface area (Å²) in [7, 11) is 0. The molecule has 0 saturated carbocycles. The molecular weight excluding hydrogens is 540 g/mol. The SMILES string of the molecule is O=c1oc(=O)c2cc(Cl)c3c4c(Cl)cc5c6ccccc6[nH]c6cc(Cl)c(c7c(Cl)cc1c2c73)c4c65. The third-order valence-corrected chi connectivity index (χ3v) is 8.42. The molecule has 0 fully saturated rings. The Morgan fingerprint density at radius 1 is 0.500 bits per heavy atom. The van der Waals surface area contributed by atoms with Crippen LogP contribution in [-0.4, -0.2) is 4.98 Å². The summed E-state index contributed by atoms with van der Waals surface area (Å²) in [6.45, 7) is 0. The summed E-state index contributed by atoms with van der Waals surface area (Å²) in [4.78, 5) is 28.8. The molecule has 1 N–H and O–H groups in total. The molecule has 172 valence electrons. The van der Waals surface area contributed by atoms with Gasteiger partial charge in [-0.1, -0.05) is 64.6 Å². The van der Waals surface area contributed by atoms with Crippen LogP contribution in [-0.2, 0) is 0 Å². The predicted octanol–water partition coefficient (Wildman–Crippen LogP) is 8.89. The number of pyridine rings is 1. The molecule has 36 heavy (non-hydrogen) atoms. The van der Waals surface area contributed by atoms with E-state index in [4.69, 9.17) is 50.8 Å². The molecule has 8 aromatic rings. The van der Waals surface area contributed by atoms with Crippen LogP contribution >= 0.6 is 46.4 Å². The van der Waals surface area contributed by atoms with E-state index < -0.39 is 11.3 Å². The fraction of sp³-hybridized carbons (Fsp3) is 0. The van der Waals surface area contributed by atoms with E-state index >= 15 is 0 Å². The van der Waals surface area contributed by atoms with Crippen LogP contribution in [0.1, 0.15) is 0 Å². The third kappa shape index (κ3) is 2.34. The van der Waals surface area contributed by atoms with Crippen molar-refractivity contribution in [1.82, 2.24) is 4.98 Å². The Labute approximate surface area is 220 Å². The zero-order valence-corrected chi connectivity index (χ0v) is 20.9. The Morgan fingerprint density at radius 2 is 1.00 bits per heavy atom. The van der Waals surface area contributed by atoms with Crippen molar-refractivity contribution in [1.29, 1.82) is 0 Å². The maximum Gasteiger partial charge on any atom is 0.346 e. The normalized spacial score (nSPS) is 12.7. The van der Waals surface area contributed by atoms with E-state index in [9.17, 15) is 9.59 Å². The minimum absolute atomic E-state index is 0.197. The van der Waals surface area contributed by atoms with Crippen molar-refractivity contribution in [3.05, 3.63) is 89.5 Å². The number of nitrogens with one attached hydrogen (secondary N) is 1. The van der Waals surface area contributed by atoms with Crippen LogP contribution in [0, 0.1) is 0 Å². The van der Waals surface area contributed by atoms with Crippen molar-refractivity contribution in [3.8, 4) is 0 Å². The van der Waals surface area contributed by atoms with Gasteiger partial charge in [0.25, 0.3) is 0 Å². The highest BCUT2D eigenvalue weighted by molar-refractivity contribution is 6.56. The molecule has 0 aliphatic heterocycles. The summed E-state index contributed by atoms with van der Waals surface area (Å²) in [6, 6.07) is 14.8. The molecule has 6 aromatic carbocycles. The second-order valence-corrected chi connectivity index (χ2v) is 10.6. The predicted molar refractivity (Wildman–Crippen MR) is 151 cm³/mol. The van der Waals surface area contributed by atoms with Crippen molar-refractivity contribution in [2.75, 3.05) is 0 Å². The summed E-state index contributed by atoms with van der Waals surface area (Å²) in [5, 5.41) is 9.20. The van der Waals surface area contributed by atoms with E-state index in [2.05, 4.69) is 4.98 Å². The summed E-state index contributed by atoms with van der Waals surface area (Å²) in [6.07, 6.45) is 0. The first-order chi connectivity index (χ1) is 17.3. The van der Waals surface area contributed by atoms with E-state index in [1.165, 1.54) is 12.1 Å².